The number of sulfonamides is 1. The highest BCUT2D eigenvalue weighted by molar-refractivity contribution is 7.92. The number of nitrogens with zero attached hydrogens (tertiary/aromatic N) is 2. The first kappa shape index (κ1) is 33.7. The molecule has 45 heavy (non-hydrogen) atoms. The number of hydrogen-bond acceptors (Lipinski definition) is 4. The Kier molecular flexibility index (Phi) is 10.7. The summed E-state index contributed by atoms with van der Waals surface area (Å²) in [5, 5.41) is 3.58. The fourth-order valence-corrected chi connectivity index (χ4v) is 6.47. The van der Waals surface area contributed by atoms with Crippen LogP contribution in [0.3, 0.4) is 0 Å². The van der Waals surface area contributed by atoms with Crippen molar-refractivity contribution in [2.24, 2.45) is 0 Å². The Balaban J connectivity index is 1.81. The summed E-state index contributed by atoms with van der Waals surface area (Å²) in [5.41, 5.74) is 3.15. The van der Waals surface area contributed by atoms with Gasteiger partial charge in [0.25, 0.3) is 10.0 Å². The minimum absolute atomic E-state index is 0.0668. The number of carbonyl (C=O) groups is 2. The number of halogens is 1. The molecule has 0 spiro atoms. The molecular formula is C36H40ClN3O4S. The van der Waals surface area contributed by atoms with Crippen molar-refractivity contribution in [1.82, 2.24) is 10.2 Å². The van der Waals surface area contributed by atoms with Crippen molar-refractivity contribution in [2.45, 2.75) is 64.1 Å². The highest BCUT2D eigenvalue weighted by atomic mass is 35.5. The molecule has 0 heterocycles. The van der Waals surface area contributed by atoms with Crippen LogP contribution in [-0.2, 0) is 32.6 Å². The van der Waals surface area contributed by atoms with Gasteiger partial charge in [-0.25, -0.2) is 8.42 Å². The molecular weight excluding hydrogens is 606 g/mol. The number of hydrogen-bond donors (Lipinski definition) is 1. The van der Waals surface area contributed by atoms with E-state index < -0.39 is 34.1 Å². The number of aryl methyl sites for hydroxylation is 2. The third kappa shape index (κ3) is 9.19. The van der Waals surface area contributed by atoms with Gasteiger partial charge in [0, 0.05) is 23.5 Å². The lowest BCUT2D eigenvalue weighted by Gasteiger charge is -2.35. The Hall–Kier alpha value is -4.14. The van der Waals surface area contributed by atoms with Crippen molar-refractivity contribution in [1.29, 1.82) is 0 Å². The second kappa shape index (κ2) is 14.3. The molecule has 0 aromatic heterocycles. The maximum Gasteiger partial charge on any atom is 0.264 e. The summed E-state index contributed by atoms with van der Waals surface area (Å²) < 4.78 is 29.4. The molecule has 4 rings (SSSR count). The zero-order valence-electron chi connectivity index (χ0n) is 26.3. The molecule has 7 nitrogen and oxygen atoms in total. The van der Waals surface area contributed by atoms with E-state index in [-0.39, 0.29) is 23.8 Å². The lowest BCUT2D eigenvalue weighted by Crippen LogP contribution is -2.56. The average molecular weight is 646 g/mol. The van der Waals surface area contributed by atoms with Crippen LogP contribution in [0.15, 0.2) is 108 Å². The summed E-state index contributed by atoms with van der Waals surface area (Å²) >= 11 is 6.15. The molecule has 1 unspecified atom stereocenters. The largest absolute Gasteiger partial charge is 0.350 e. The standard InChI is InChI=1S/C36H40ClN3O4S/c1-26-14-20-32(21-15-26)45(43,44)40(31-13-9-10-27(2)22-31)25-34(41)39(24-29-16-18-30(37)19-17-29)33(35(42)38-36(3,4)5)23-28-11-7-6-8-12-28/h6-22,33H,23-25H2,1-5H3,(H,38,42). The van der Waals surface area contributed by atoms with Gasteiger partial charge in [0.05, 0.1) is 10.6 Å². The average Bonchev–Trinajstić information content (AvgIpc) is 2.98. The molecule has 1 N–H and O–H groups in total. The Morgan fingerprint density at radius 2 is 1.44 bits per heavy atom. The van der Waals surface area contributed by atoms with Crippen LogP contribution in [0, 0.1) is 13.8 Å². The SMILES string of the molecule is Cc1ccc(S(=O)(=O)N(CC(=O)N(Cc2ccc(Cl)cc2)C(Cc2ccccc2)C(=O)NC(C)(C)C)c2cccc(C)c2)cc1. The normalized spacial score (nSPS) is 12.3. The first-order chi connectivity index (χ1) is 21.2. The molecule has 9 heteroatoms. The Morgan fingerprint density at radius 3 is 2.04 bits per heavy atom. The van der Waals surface area contributed by atoms with Crippen molar-refractivity contribution < 1.29 is 18.0 Å². The van der Waals surface area contributed by atoms with Crippen LogP contribution in [0.1, 0.15) is 43.0 Å². The topological polar surface area (TPSA) is 86.8 Å². The molecule has 236 valence electrons. The number of amides is 2. The van der Waals surface area contributed by atoms with Crippen LogP contribution in [0.4, 0.5) is 5.69 Å². The highest BCUT2D eigenvalue weighted by Gasteiger charge is 2.35. The van der Waals surface area contributed by atoms with Gasteiger partial charge in [-0.1, -0.05) is 83.9 Å². The molecule has 4 aromatic carbocycles. The summed E-state index contributed by atoms with van der Waals surface area (Å²) in [6, 6.07) is 29.1. The van der Waals surface area contributed by atoms with Gasteiger partial charge in [0.1, 0.15) is 12.6 Å². The fourth-order valence-electron chi connectivity index (χ4n) is 4.94. The first-order valence-electron chi connectivity index (χ1n) is 14.8. The van der Waals surface area contributed by atoms with Gasteiger partial charge in [-0.3, -0.25) is 13.9 Å². The quantitative estimate of drug-likeness (QED) is 0.197. The molecule has 0 aliphatic carbocycles. The third-order valence-corrected chi connectivity index (χ3v) is 9.25. The van der Waals surface area contributed by atoms with Gasteiger partial charge < -0.3 is 10.2 Å². The molecule has 2 amide bonds. The molecule has 4 aromatic rings. The number of benzene rings is 4. The molecule has 0 aliphatic heterocycles. The van der Waals surface area contributed by atoms with Crippen molar-refractivity contribution in [3.63, 3.8) is 0 Å². The number of carbonyl (C=O) groups excluding carboxylic acids is 2. The molecule has 0 saturated heterocycles. The maximum atomic E-state index is 14.5. The minimum Gasteiger partial charge on any atom is -0.350 e. The van der Waals surface area contributed by atoms with Crippen molar-refractivity contribution in [2.75, 3.05) is 10.8 Å². The number of anilines is 1. The van der Waals surface area contributed by atoms with Gasteiger partial charge >= 0.3 is 0 Å². The van der Waals surface area contributed by atoms with Crippen LogP contribution in [0.5, 0.6) is 0 Å². The van der Waals surface area contributed by atoms with E-state index in [9.17, 15) is 18.0 Å². The summed E-state index contributed by atoms with van der Waals surface area (Å²) in [5.74, 6) is -0.857. The van der Waals surface area contributed by atoms with E-state index in [0.29, 0.717) is 10.7 Å². The monoisotopic (exact) mass is 645 g/mol. The van der Waals surface area contributed by atoms with Gasteiger partial charge in [0.2, 0.25) is 11.8 Å². The Labute approximate surface area is 271 Å². The fraction of sp³-hybridized carbons (Fsp3) is 0.278. The lowest BCUT2D eigenvalue weighted by atomic mass is 10.0. The maximum absolute atomic E-state index is 14.5. The van der Waals surface area contributed by atoms with E-state index in [1.54, 1.807) is 66.7 Å². The van der Waals surface area contributed by atoms with Crippen LogP contribution in [0.25, 0.3) is 0 Å². The van der Waals surface area contributed by atoms with Crippen molar-refractivity contribution in [3.05, 3.63) is 130 Å². The van der Waals surface area contributed by atoms with Gasteiger partial charge in [-0.2, -0.15) is 0 Å². The molecule has 0 saturated carbocycles. The zero-order valence-corrected chi connectivity index (χ0v) is 27.9. The zero-order chi connectivity index (χ0) is 32.8. The van der Waals surface area contributed by atoms with E-state index in [2.05, 4.69) is 5.32 Å². The summed E-state index contributed by atoms with van der Waals surface area (Å²) in [6.45, 7) is 8.93. The van der Waals surface area contributed by atoms with E-state index in [0.717, 1.165) is 26.6 Å². The summed E-state index contributed by atoms with van der Waals surface area (Å²) in [7, 11) is -4.16. The predicted octanol–water partition coefficient (Wildman–Crippen LogP) is 6.71. The summed E-state index contributed by atoms with van der Waals surface area (Å²) in [6.07, 6.45) is 0.233. The smallest absolute Gasteiger partial charge is 0.264 e. The van der Waals surface area contributed by atoms with Crippen LogP contribution >= 0.6 is 11.6 Å². The predicted molar refractivity (Wildman–Crippen MR) is 181 cm³/mol. The van der Waals surface area contributed by atoms with E-state index in [1.165, 1.54) is 4.90 Å². The molecule has 0 aliphatic rings. The van der Waals surface area contributed by atoms with Crippen LogP contribution in [0.2, 0.25) is 5.02 Å². The van der Waals surface area contributed by atoms with E-state index in [1.807, 2.05) is 71.0 Å². The van der Waals surface area contributed by atoms with Crippen molar-refractivity contribution >= 4 is 39.1 Å². The molecule has 0 bridgehead atoms. The van der Waals surface area contributed by atoms with Crippen LogP contribution in [-0.4, -0.2) is 43.3 Å². The number of nitrogens with one attached hydrogen (secondary N) is 1. The Bertz CT molecular complexity index is 1720. The molecule has 1 atom stereocenters. The van der Waals surface area contributed by atoms with Crippen LogP contribution < -0.4 is 9.62 Å². The van der Waals surface area contributed by atoms with Gasteiger partial charge in [-0.05, 0) is 87.7 Å². The third-order valence-electron chi connectivity index (χ3n) is 7.21. The first-order valence-corrected chi connectivity index (χ1v) is 16.6. The Morgan fingerprint density at radius 1 is 0.800 bits per heavy atom. The van der Waals surface area contributed by atoms with Gasteiger partial charge in [0.15, 0.2) is 0 Å². The second-order valence-corrected chi connectivity index (χ2v) is 14.6. The minimum atomic E-state index is -4.16. The van der Waals surface area contributed by atoms with Crippen molar-refractivity contribution in [3.8, 4) is 0 Å². The van der Waals surface area contributed by atoms with E-state index in [4.69, 9.17) is 11.6 Å². The van der Waals surface area contributed by atoms with E-state index >= 15 is 0 Å². The number of rotatable bonds is 11. The second-order valence-electron chi connectivity index (χ2n) is 12.3. The highest BCUT2D eigenvalue weighted by Crippen LogP contribution is 2.26. The summed E-state index contributed by atoms with van der Waals surface area (Å²) in [4.78, 5) is 30.0. The van der Waals surface area contributed by atoms with Gasteiger partial charge in [-0.15, -0.1) is 0 Å². The lowest BCUT2D eigenvalue weighted by molar-refractivity contribution is -0.140. The molecule has 0 fully saturated rings. The molecule has 0 radical (unpaired) electrons.